The van der Waals surface area contributed by atoms with Crippen LogP contribution in [0.25, 0.3) is 0 Å². The zero-order valence-corrected chi connectivity index (χ0v) is 8.30. The Morgan fingerprint density at radius 3 is 1.47 bits per heavy atom. The van der Waals surface area contributed by atoms with Gasteiger partial charge < -0.3 is 4.74 Å². The normalized spacial score (nSPS) is 14.4. The summed E-state index contributed by atoms with van der Waals surface area (Å²) in [6, 6.07) is 0. The number of hydrogen-bond acceptors (Lipinski definition) is 1. The molecule has 0 amide bonds. The minimum Gasteiger partial charge on any atom is -0.358 e. The summed E-state index contributed by atoms with van der Waals surface area (Å²) in [5, 5.41) is 0. The first-order valence-corrected chi connectivity index (χ1v) is 4.39. The predicted molar refractivity (Wildman–Crippen MR) is 41.4 cm³/mol. The first-order chi connectivity index (χ1) is 6.62. The fourth-order valence-electron chi connectivity index (χ4n) is 1.10. The van der Waals surface area contributed by atoms with Crippen LogP contribution in [-0.4, -0.2) is 24.6 Å². The molecule has 0 N–H and O–H groups in total. The van der Waals surface area contributed by atoms with Gasteiger partial charge in [0, 0.05) is 6.61 Å². The smallest absolute Gasteiger partial charge is 0.358 e. The molecule has 0 saturated heterocycles. The van der Waals surface area contributed by atoms with Crippen LogP contribution in [-0.2, 0) is 4.74 Å². The summed E-state index contributed by atoms with van der Waals surface area (Å²) in [6.07, 6.45) is -12.0. The molecule has 0 atom stereocenters. The maximum Gasteiger partial charge on any atom is 0.426 e. The molecule has 0 aromatic rings. The highest BCUT2D eigenvalue weighted by Crippen LogP contribution is 2.47. The third kappa shape index (κ3) is 2.76. The van der Waals surface area contributed by atoms with E-state index in [0.29, 0.717) is 0 Å². The van der Waals surface area contributed by atoms with Gasteiger partial charge in [-0.15, -0.1) is 0 Å². The van der Waals surface area contributed by atoms with E-state index >= 15 is 0 Å². The van der Waals surface area contributed by atoms with Crippen molar-refractivity contribution in [1.29, 1.82) is 0 Å². The number of halogens is 6. The molecule has 0 fully saturated rings. The summed E-state index contributed by atoms with van der Waals surface area (Å²) in [7, 11) is 0. The Bertz CT molecular complexity index is 180. The third-order valence-corrected chi connectivity index (χ3v) is 1.97. The van der Waals surface area contributed by atoms with Crippen molar-refractivity contribution in [2.24, 2.45) is 0 Å². The van der Waals surface area contributed by atoms with Crippen LogP contribution < -0.4 is 0 Å². The van der Waals surface area contributed by atoms with E-state index in [1.165, 1.54) is 6.92 Å². The van der Waals surface area contributed by atoms with Crippen LogP contribution in [0.1, 0.15) is 26.7 Å². The molecule has 0 aliphatic rings. The molecule has 0 heterocycles. The first kappa shape index (κ1) is 14.5. The second kappa shape index (κ2) is 4.59. The predicted octanol–water partition coefficient (Wildman–Crippen LogP) is 3.69. The zero-order valence-electron chi connectivity index (χ0n) is 8.30. The van der Waals surface area contributed by atoms with Gasteiger partial charge in [-0.2, -0.15) is 26.3 Å². The van der Waals surface area contributed by atoms with Crippen LogP contribution in [0, 0.1) is 0 Å². The molecule has 0 rings (SSSR count). The molecule has 0 aliphatic carbocycles. The van der Waals surface area contributed by atoms with Gasteiger partial charge in [0.1, 0.15) is 0 Å². The Kier molecular flexibility index (Phi) is 4.45. The molecule has 0 aromatic heterocycles. The van der Waals surface area contributed by atoms with E-state index in [9.17, 15) is 26.3 Å². The zero-order chi connectivity index (χ0) is 12.3. The van der Waals surface area contributed by atoms with Crippen LogP contribution in [0.4, 0.5) is 26.3 Å². The van der Waals surface area contributed by atoms with E-state index in [-0.39, 0.29) is 6.42 Å². The quantitative estimate of drug-likeness (QED) is 0.679. The summed E-state index contributed by atoms with van der Waals surface area (Å²) in [5.41, 5.74) is -4.03. The standard InChI is InChI=1S/C8H12F6O/c1-3-5-15-6(4-2,7(9,10)11)8(12,13)14/h3-5H2,1-2H3. The fraction of sp³-hybridized carbons (Fsp3) is 1.00. The highest BCUT2D eigenvalue weighted by Gasteiger charge is 2.71. The second-order valence-corrected chi connectivity index (χ2v) is 3.02. The molecule has 1 nitrogen and oxygen atoms in total. The minimum absolute atomic E-state index is 0.0912. The van der Waals surface area contributed by atoms with Gasteiger partial charge in [0.2, 0.25) is 0 Å². The fourth-order valence-corrected chi connectivity index (χ4v) is 1.10. The molecule has 0 aromatic carbocycles. The summed E-state index contributed by atoms with van der Waals surface area (Å²) >= 11 is 0. The Labute approximate surface area is 83.4 Å². The molecule has 0 saturated carbocycles. The van der Waals surface area contributed by atoms with Gasteiger partial charge >= 0.3 is 12.4 Å². The van der Waals surface area contributed by atoms with Gasteiger partial charge in [-0.1, -0.05) is 13.8 Å². The van der Waals surface area contributed by atoms with E-state index in [2.05, 4.69) is 4.74 Å². The number of hydrogen-bond donors (Lipinski definition) is 0. The summed E-state index contributed by atoms with van der Waals surface area (Å²) in [4.78, 5) is 0. The topological polar surface area (TPSA) is 9.23 Å². The SMILES string of the molecule is CCCOC(CC)(C(F)(F)F)C(F)(F)F. The van der Waals surface area contributed by atoms with Crippen LogP contribution >= 0.6 is 0 Å². The lowest BCUT2D eigenvalue weighted by Crippen LogP contribution is -2.58. The average Bonchev–Trinajstić information content (AvgIpc) is 2.01. The average molecular weight is 238 g/mol. The van der Waals surface area contributed by atoms with Crippen LogP contribution in [0.2, 0.25) is 0 Å². The highest BCUT2D eigenvalue weighted by molar-refractivity contribution is 4.94. The first-order valence-electron chi connectivity index (χ1n) is 4.39. The maximum absolute atomic E-state index is 12.3. The Morgan fingerprint density at radius 2 is 1.27 bits per heavy atom. The molecule has 0 unspecified atom stereocenters. The van der Waals surface area contributed by atoms with Gasteiger partial charge in [0.15, 0.2) is 0 Å². The summed E-state index contributed by atoms with van der Waals surface area (Å²) in [5.74, 6) is 0. The molecule has 0 radical (unpaired) electrons. The molecule has 92 valence electrons. The molecular weight excluding hydrogens is 226 g/mol. The van der Waals surface area contributed by atoms with Crippen LogP contribution in [0.5, 0.6) is 0 Å². The van der Waals surface area contributed by atoms with E-state index in [4.69, 9.17) is 0 Å². The molecule has 0 bridgehead atoms. The van der Waals surface area contributed by atoms with Crippen LogP contribution in [0.3, 0.4) is 0 Å². The van der Waals surface area contributed by atoms with Crippen molar-refractivity contribution in [1.82, 2.24) is 0 Å². The Morgan fingerprint density at radius 1 is 0.867 bits per heavy atom. The molecular formula is C8H12F6O. The van der Waals surface area contributed by atoms with E-state index in [0.717, 1.165) is 6.92 Å². The van der Waals surface area contributed by atoms with Crippen molar-refractivity contribution in [2.45, 2.75) is 44.6 Å². The van der Waals surface area contributed by atoms with Crippen molar-refractivity contribution >= 4 is 0 Å². The van der Waals surface area contributed by atoms with Gasteiger partial charge in [-0.05, 0) is 12.8 Å². The largest absolute Gasteiger partial charge is 0.426 e. The summed E-state index contributed by atoms with van der Waals surface area (Å²) < 4.78 is 78.1. The number of alkyl halides is 6. The third-order valence-electron chi connectivity index (χ3n) is 1.97. The monoisotopic (exact) mass is 238 g/mol. The van der Waals surface area contributed by atoms with E-state index in [1.54, 1.807) is 0 Å². The lowest BCUT2D eigenvalue weighted by Gasteiger charge is -2.36. The van der Waals surface area contributed by atoms with Gasteiger partial charge in [0.25, 0.3) is 5.60 Å². The Hall–Kier alpha value is -0.460. The van der Waals surface area contributed by atoms with Crippen molar-refractivity contribution in [3.63, 3.8) is 0 Å². The summed E-state index contributed by atoms with van der Waals surface area (Å²) in [6.45, 7) is 1.66. The van der Waals surface area contributed by atoms with E-state index < -0.39 is 31.0 Å². The Balaban J connectivity index is 5.13. The van der Waals surface area contributed by atoms with Gasteiger partial charge in [-0.25, -0.2) is 0 Å². The van der Waals surface area contributed by atoms with E-state index in [1.807, 2.05) is 0 Å². The highest BCUT2D eigenvalue weighted by atomic mass is 19.4. The second-order valence-electron chi connectivity index (χ2n) is 3.02. The van der Waals surface area contributed by atoms with Gasteiger partial charge in [0.05, 0.1) is 0 Å². The lowest BCUT2D eigenvalue weighted by atomic mass is 9.99. The van der Waals surface area contributed by atoms with Gasteiger partial charge in [-0.3, -0.25) is 0 Å². The number of ether oxygens (including phenoxy) is 1. The van der Waals surface area contributed by atoms with Crippen LogP contribution in [0.15, 0.2) is 0 Å². The van der Waals surface area contributed by atoms with Crippen molar-refractivity contribution in [3.05, 3.63) is 0 Å². The minimum atomic E-state index is -5.45. The maximum atomic E-state index is 12.3. The van der Waals surface area contributed by atoms with Crippen molar-refractivity contribution in [2.75, 3.05) is 6.61 Å². The number of rotatable bonds is 4. The molecule has 0 spiro atoms. The van der Waals surface area contributed by atoms with Crippen molar-refractivity contribution < 1.29 is 31.1 Å². The molecule has 15 heavy (non-hydrogen) atoms. The van der Waals surface area contributed by atoms with Crippen molar-refractivity contribution in [3.8, 4) is 0 Å². The molecule has 0 aliphatic heterocycles. The molecule has 7 heteroatoms. The lowest BCUT2D eigenvalue weighted by molar-refractivity contribution is -0.381.